The van der Waals surface area contributed by atoms with Crippen LogP contribution in [0.4, 0.5) is 0 Å². The maximum atomic E-state index is 5.48. The first-order valence-electron chi connectivity index (χ1n) is 10.1. The van der Waals surface area contributed by atoms with Crippen molar-refractivity contribution in [3.05, 3.63) is 23.3 Å². The van der Waals surface area contributed by atoms with Gasteiger partial charge in [0.25, 0.3) is 0 Å². The van der Waals surface area contributed by atoms with Gasteiger partial charge in [0.2, 0.25) is 0 Å². The van der Waals surface area contributed by atoms with E-state index in [0.29, 0.717) is 6.04 Å². The van der Waals surface area contributed by atoms with Crippen molar-refractivity contribution in [3.63, 3.8) is 0 Å². The fourth-order valence-corrected chi connectivity index (χ4v) is 4.31. The first-order chi connectivity index (χ1) is 13.2. The molecule has 1 fully saturated rings. The largest absolute Gasteiger partial charge is 0.493 e. The quantitative estimate of drug-likeness (QED) is 0.634. The van der Waals surface area contributed by atoms with E-state index in [4.69, 9.17) is 9.47 Å². The second kappa shape index (κ2) is 9.31. The third kappa shape index (κ3) is 4.49. The standard InChI is InChI=1S/C21H34N4O2/c1-5-24-10-7-6-8-18(24)14-23-21(22-2)25-11-9-16-12-19(26-3)20(27-4)13-17(16)15-25/h12-13,18H,5-11,14-15H2,1-4H3,(H,22,23). The van der Waals surface area contributed by atoms with Crippen molar-refractivity contribution in [3.8, 4) is 11.5 Å². The van der Waals surface area contributed by atoms with Gasteiger partial charge in [-0.2, -0.15) is 0 Å². The molecule has 0 aliphatic carbocycles. The van der Waals surface area contributed by atoms with Gasteiger partial charge in [-0.05, 0) is 55.6 Å². The summed E-state index contributed by atoms with van der Waals surface area (Å²) < 4.78 is 10.9. The van der Waals surface area contributed by atoms with Gasteiger partial charge >= 0.3 is 0 Å². The molecule has 1 aromatic carbocycles. The minimum atomic E-state index is 0.613. The van der Waals surface area contributed by atoms with E-state index in [1.54, 1.807) is 14.2 Å². The zero-order valence-electron chi connectivity index (χ0n) is 17.3. The molecular formula is C21H34N4O2. The Morgan fingerprint density at radius 2 is 1.89 bits per heavy atom. The van der Waals surface area contributed by atoms with Crippen molar-refractivity contribution < 1.29 is 9.47 Å². The van der Waals surface area contributed by atoms with Gasteiger partial charge in [0.05, 0.1) is 14.2 Å². The number of hydrogen-bond acceptors (Lipinski definition) is 4. The molecule has 6 nitrogen and oxygen atoms in total. The Hall–Kier alpha value is -1.95. The third-order valence-corrected chi connectivity index (χ3v) is 5.88. The van der Waals surface area contributed by atoms with Crippen LogP contribution in [0.15, 0.2) is 17.1 Å². The summed E-state index contributed by atoms with van der Waals surface area (Å²) in [5, 5.41) is 3.63. The van der Waals surface area contributed by atoms with Crippen LogP contribution < -0.4 is 14.8 Å². The molecule has 1 unspecified atom stereocenters. The number of ether oxygens (including phenoxy) is 2. The highest BCUT2D eigenvalue weighted by molar-refractivity contribution is 5.80. The van der Waals surface area contributed by atoms with Gasteiger partial charge in [-0.3, -0.25) is 9.89 Å². The van der Waals surface area contributed by atoms with Gasteiger partial charge in [0, 0.05) is 32.7 Å². The van der Waals surface area contributed by atoms with Crippen LogP contribution in [0.25, 0.3) is 0 Å². The maximum Gasteiger partial charge on any atom is 0.194 e. The highest BCUT2D eigenvalue weighted by Gasteiger charge is 2.24. The minimum Gasteiger partial charge on any atom is -0.493 e. The maximum absolute atomic E-state index is 5.48. The molecule has 1 atom stereocenters. The molecule has 2 heterocycles. The summed E-state index contributed by atoms with van der Waals surface area (Å²) in [7, 11) is 5.26. The van der Waals surface area contributed by atoms with Crippen LogP contribution in [0.5, 0.6) is 11.5 Å². The Balaban J connectivity index is 1.65. The van der Waals surface area contributed by atoms with Gasteiger partial charge in [-0.1, -0.05) is 13.3 Å². The number of methoxy groups -OCH3 is 2. The van der Waals surface area contributed by atoms with Crippen molar-refractivity contribution in [2.75, 3.05) is 47.4 Å². The molecule has 6 heteroatoms. The highest BCUT2D eigenvalue weighted by Crippen LogP contribution is 2.33. The third-order valence-electron chi connectivity index (χ3n) is 5.88. The van der Waals surface area contributed by atoms with E-state index in [1.165, 1.54) is 36.9 Å². The number of likely N-dealkylation sites (N-methyl/N-ethyl adjacent to an activating group) is 1. The lowest BCUT2D eigenvalue weighted by molar-refractivity contribution is 0.156. The number of aliphatic imine (C=N–C) groups is 1. The Morgan fingerprint density at radius 1 is 1.15 bits per heavy atom. The van der Waals surface area contributed by atoms with E-state index in [9.17, 15) is 0 Å². The highest BCUT2D eigenvalue weighted by atomic mass is 16.5. The van der Waals surface area contributed by atoms with Gasteiger partial charge in [-0.15, -0.1) is 0 Å². The second-order valence-electron chi connectivity index (χ2n) is 7.35. The van der Waals surface area contributed by atoms with E-state index in [2.05, 4.69) is 39.2 Å². The number of nitrogens with one attached hydrogen (secondary N) is 1. The Bertz CT molecular complexity index is 662. The lowest BCUT2D eigenvalue weighted by Gasteiger charge is -2.37. The molecule has 150 valence electrons. The van der Waals surface area contributed by atoms with E-state index >= 15 is 0 Å². The second-order valence-corrected chi connectivity index (χ2v) is 7.35. The minimum absolute atomic E-state index is 0.613. The molecule has 1 saturated heterocycles. The van der Waals surface area contributed by atoms with Crippen molar-refractivity contribution >= 4 is 5.96 Å². The summed E-state index contributed by atoms with van der Waals surface area (Å²) >= 11 is 0. The molecule has 3 rings (SSSR count). The van der Waals surface area contributed by atoms with Gasteiger partial charge in [0.15, 0.2) is 17.5 Å². The van der Waals surface area contributed by atoms with Gasteiger partial charge < -0.3 is 19.7 Å². The average molecular weight is 375 g/mol. The molecule has 27 heavy (non-hydrogen) atoms. The van der Waals surface area contributed by atoms with Crippen LogP contribution >= 0.6 is 0 Å². The number of piperidine rings is 1. The Kier molecular flexibility index (Phi) is 6.83. The molecule has 0 radical (unpaired) electrons. The van der Waals surface area contributed by atoms with Crippen molar-refractivity contribution in [1.82, 2.24) is 15.1 Å². The van der Waals surface area contributed by atoms with Crippen LogP contribution in [-0.4, -0.2) is 69.2 Å². The fourth-order valence-electron chi connectivity index (χ4n) is 4.31. The Morgan fingerprint density at radius 3 is 2.56 bits per heavy atom. The number of hydrogen-bond donors (Lipinski definition) is 1. The number of benzene rings is 1. The summed E-state index contributed by atoms with van der Waals surface area (Å²) in [5.74, 6) is 2.60. The normalized spacial score (nSPS) is 21.0. The van der Waals surface area contributed by atoms with Crippen molar-refractivity contribution in [2.45, 2.75) is 45.2 Å². The molecule has 2 aliphatic rings. The van der Waals surface area contributed by atoms with Crippen molar-refractivity contribution in [1.29, 1.82) is 0 Å². The van der Waals surface area contributed by atoms with Crippen molar-refractivity contribution in [2.24, 2.45) is 4.99 Å². The first-order valence-corrected chi connectivity index (χ1v) is 10.1. The van der Waals surface area contributed by atoms with Gasteiger partial charge in [-0.25, -0.2) is 0 Å². The van der Waals surface area contributed by atoms with E-state index in [1.807, 2.05) is 7.05 Å². The van der Waals surface area contributed by atoms with E-state index < -0.39 is 0 Å². The molecule has 1 N–H and O–H groups in total. The number of likely N-dealkylation sites (tertiary alicyclic amines) is 1. The van der Waals surface area contributed by atoms with Gasteiger partial charge in [0.1, 0.15) is 0 Å². The van der Waals surface area contributed by atoms with Crippen LogP contribution in [0.1, 0.15) is 37.3 Å². The molecule has 0 aromatic heterocycles. The number of nitrogens with zero attached hydrogens (tertiary/aromatic N) is 3. The Labute approximate surface area is 163 Å². The number of guanidine groups is 1. The summed E-state index contributed by atoms with van der Waals surface area (Å²) in [6.45, 7) is 7.39. The van der Waals surface area contributed by atoms with Crippen LogP contribution in [0.2, 0.25) is 0 Å². The lowest BCUT2D eigenvalue weighted by Crippen LogP contribution is -2.50. The van der Waals surface area contributed by atoms with E-state index in [-0.39, 0.29) is 0 Å². The molecule has 1 aromatic rings. The SMILES string of the molecule is CCN1CCCCC1CNC(=NC)N1CCc2cc(OC)c(OC)cc2C1. The fraction of sp³-hybridized carbons (Fsp3) is 0.667. The number of fused-ring (bicyclic) bond motifs is 1. The molecular weight excluding hydrogens is 340 g/mol. The molecule has 2 aliphatic heterocycles. The van der Waals surface area contributed by atoms with E-state index in [0.717, 1.165) is 50.1 Å². The average Bonchev–Trinajstić information content (AvgIpc) is 2.73. The zero-order valence-corrected chi connectivity index (χ0v) is 17.3. The van der Waals surface area contributed by atoms with Crippen LogP contribution in [-0.2, 0) is 13.0 Å². The summed E-state index contributed by atoms with van der Waals surface area (Å²) in [6, 6.07) is 4.83. The zero-order chi connectivity index (χ0) is 19.2. The summed E-state index contributed by atoms with van der Waals surface area (Å²) in [5.41, 5.74) is 2.62. The summed E-state index contributed by atoms with van der Waals surface area (Å²) in [6.07, 6.45) is 4.92. The molecule has 0 spiro atoms. The van der Waals surface area contributed by atoms with Crippen LogP contribution in [0.3, 0.4) is 0 Å². The topological polar surface area (TPSA) is 49.3 Å². The predicted molar refractivity (Wildman–Crippen MR) is 110 cm³/mol. The molecule has 0 bridgehead atoms. The predicted octanol–water partition coefficient (Wildman–Crippen LogP) is 2.51. The molecule has 0 amide bonds. The molecule has 0 saturated carbocycles. The summed E-state index contributed by atoms with van der Waals surface area (Å²) in [4.78, 5) is 9.48. The monoisotopic (exact) mass is 374 g/mol. The lowest BCUT2D eigenvalue weighted by atomic mass is 9.99. The smallest absolute Gasteiger partial charge is 0.194 e. The number of rotatable bonds is 5. The van der Waals surface area contributed by atoms with Crippen LogP contribution in [0, 0.1) is 0 Å². The first kappa shape index (κ1) is 19.8.